The van der Waals surface area contributed by atoms with Crippen molar-refractivity contribution in [3.63, 3.8) is 0 Å². The molecule has 1 saturated heterocycles. The normalized spacial score (nSPS) is 14.0. The van der Waals surface area contributed by atoms with Gasteiger partial charge in [0.25, 0.3) is 5.91 Å². The van der Waals surface area contributed by atoms with E-state index in [1.165, 1.54) is 24.2 Å². The molecule has 28 heavy (non-hydrogen) atoms. The summed E-state index contributed by atoms with van der Waals surface area (Å²) in [6.07, 6.45) is 5.16. The molecule has 4 N–H and O–H groups in total. The Kier molecular flexibility index (Phi) is 8.69. The van der Waals surface area contributed by atoms with Gasteiger partial charge in [-0.3, -0.25) is 4.79 Å². The molecular formula is C19H26ClN5O2S. The highest BCUT2D eigenvalue weighted by Crippen LogP contribution is 2.17. The van der Waals surface area contributed by atoms with Crippen LogP contribution >= 0.6 is 23.7 Å². The predicted octanol–water partition coefficient (Wildman–Crippen LogP) is 3.73. The average molecular weight is 424 g/mol. The first-order chi connectivity index (χ1) is 13.2. The molecule has 152 valence electrons. The predicted molar refractivity (Wildman–Crippen MR) is 116 cm³/mol. The molecule has 2 heterocycles. The highest BCUT2D eigenvalue weighted by atomic mass is 35.5. The number of rotatable bonds is 5. The van der Waals surface area contributed by atoms with Crippen molar-refractivity contribution in [3.05, 3.63) is 40.3 Å². The van der Waals surface area contributed by atoms with Gasteiger partial charge >= 0.3 is 6.03 Å². The number of amides is 3. The highest BCUT2D eigenvalue weighted by Gasteiger charge is 2.15. The van der Waals surface area contributed by atoms with E-state index >= 15 is 0 Å². The number of urea groups is 1. The van der Waals surface area contributed by atoms with Crippen LogP contribution in [0.5, 0.6) is 0 Å². The average Bonchev–Trinajstić information content (AvgIpc) is 2.96. The second kappa shape index (κ2) is 11.0. The Bertz CT molecular complexity index is 773. The summed E-state index contributed by atoms with van der Waals surface area (Å²) in [6.45, 7) is 2.12. The van der Waals surface area contributed by atoms with E-state index < -0.39 is 0 Å². The first-order valence-corrected chi connectivity index (χ1v) is 10.2. The fourth-order valence-corrected chi connectivity index (χ4v) is 3.76. The molecule has 9 heteroatoms. The molecule has 0 spiro atoms. The quantitative estimate of drug-likeness (QED) is 0.682. The number of hydrogen-bond donors (Lipinski definition) is 3. The number of thiazole rings is 1. The third kappa shape index (κ3) is 6.19. The van der Waals surface area contributed by atoms with Crippen molar-refractivity contribution in [2.24, 2.45) is 5.73 Å². The van der Waals surface area contributed by atoms with E-state index in [-0.39, 0.29) is 24.3 Å². The van der Waals surface area contributed by atoms with E-state index in [2.05, 4.69) is 15.6 Å². The van der Waals surface area contributed by atoms with Gasteiger partial charge in [0.05, 0.1) is 5.01 Å². The molecule has 3 amide bonds. The number of hydrogen-bond acceptors (Lipinski definition) is 5. The van der Waals surface area contributed by atoms with Gasteiger partial charge in [-0.1, -0.05) is 12.8 Å². The molecular weight excluding hydrogens is 398 g/mol. The maximum absolute atomic E-state index is 12.4. The number of benzene rings is 1. The van der Waals surface area contributed by atoms with Gasteiger partial charge in [-0.25, -0.2) is 9.78 Å². The molecule has 0 bridgehead atoms. The number of halogens is 1. The van der Waals surface area contributed by atoms with Gasteiger partial charge in [0, 0.05) is 36.3 Å². The molecule has 1 aliphatic heterocycles. The van der Waals surface area contributed by atoms with Crippen LogP contribution in [-0.2, 0) is 6.42 Å². The lowest BCUT2D eigenvalue weighted by molar-refractivity contribution is 0.102. The van der Waals surface area contributed by atoms with Gasteiger partial charge < -0.3 is 21.3 Å². The molecule has 1 fully saturated rings. The van der Waals surface area contributed by atoms with Gasteiger partial charge in [0.15, 0.2) is 0 Å². The summed E-state index contributed by atoms with van der Waals surface area (Å²) in [4.78, 5) is 30.8. The maximum atomic E-state index is 12.4. The van der Waals surface area contributed by atoms with Gasteiger partial charge in [-0.15, -0.1) is 23.7 Å². The Morgan fingerprint density at radius 3 is 2.25 bits per heavy atom. The zero-order chi connectivity index (χ0) is 19.1. The van der Waals surface area contributed by atoms with E-state index in [9.17, 15) is 9.59 Å². The Morgan fingerprint density at radius 2 is 1.64 bits per heavy atom. The number of carbonyl (C=O) groups is 2. The van der Waals surface area contributed by atoms with E-state index in [0.717, 1.165) is 30.9 Å². The molecule has 1 aromatic heterocycles. The summed E-state index contributed by atoms with van der Waals surface area (Å²) < 4.78 is 0. The third-order valence-electron chi connectivity index (χ3n) is 4.43. The summed E-state index contributed by atoms with van der Waals surface area (Å²) in [5.41, 5.74) is 7.26. The monoisotopic (exact) mass is 423 g/mol. The molecule has 1 aromatic carbocycles. The Labute approximate surface area is 175 Å². The highest BCUT2D eigenvalue weighted by molar-refractivity contribution is 7.09. The van der Waals surface area contributed by atoms with Gasteiger partial charge in [0.1, 0.15) is 5.69 Å². The fraction of sp³-hybridized carbons (Fsp3) is 0.421. The molecule has 0 radical (unpaired) electrons. The summed E-state index contributed by atoms with van der Waals surface area (Å²) >= 11 is 1.43. The van der Waals surface area contributed by atoms with Crippen molar-refractivity contribution < 1.29 is 9.59 Å². The third-order valence-corrected chi connectivity index (χ3v) is 5.34. The largest absolute Gasteiger partial charge is 0.330 e. The van der Waals surface area contributed by atoms with Crippen LogP contribution in [0.2, 0.25) is 0 Å². The molecule has 3 rings (SSSR count). The topological polar surface area (TPSA) is 100 Å². The number of aromatic nitrogens is 1. The Balaban J connectivity index is 0.00000280. The molecule has 0 atom stereocenters. The Hall–Kier alpha value is -2.16. The van der Waals surface area contributed by atoms with Crippen molar-refractivity contribution in [1.29, 1.82) is 0 Å². The van der Waals surface area contributed by atoms with Crippen LogP contribution in [0.3, 0.4) is 0 Å². The van der Waals surface area contributed by atoms with Crippen LogP contribution in [0.4, 0.5) is 16.2 Å². The molecule has 1 aliphatic rings. The van der Waals surface area contributed by atoms with Crippen molar-refractivity contribution in [2.75, 3.05) is 30.3 Å². The first-order valence-electron chi connectivity index (χ1n) is 9.27. The minimum atomic E-state index is -0.254. The second-order valence-corrected chi connectivity index (χ2v) is 7.47. The number of nitrogens with zero attached hydrogens (tertiary/aromatic N) is 2. The van der Waals surface area contributed by atoms with Crippen molar-refractivity contribution in [2.45, 2.75) is 32.1 Å². The Morgan fingerprint density at radius 1 is 1.04 bits per heavy atom. The molecule has 2 aromatic rings. The zero-order valence-corrected chi connectivity index (χ0v) is 17.3. The lowest BCUT2D eigenvalue weighted by Crippen LogP contribution is -2.35. The van der Waals surface area contributed by atoms with E-state index in [4.69, 9.17) is 5.73 Å². The molecule has 0 saturated carbocycles. The van der Waals surface area contributed by atoms with Crippen LogP contribution < -0.4 is 16.4 Å². The van der Waals surface area contributed by atoms with Crippen molar-refractivity contribution in [1.82, 2.24) is 9.88 Å². The van der Waals surface area contributed by atoms with Crippen LogP contribution in [0, 0.1) is 0 Å². The summed E-state index contributed by atoms with van der Waals surface area (Å²) in [5, 5.41) is 8.33. The van der Waals surface area contributed by atoms with Crippen LogP contribution in [0.15, 0.2) is 29.6 Å². The maximum Gasteiger partial charge on any atom is 0.321 e. The number of nitrogens with one attached hydrogen (secondary N) is 2. The van der Waals surface area contributed by atoms with Gasteiger partial charge in [-0.05, 0) is 43.7 Å². The van der Waals surface area contributed by atoms with Crippen LogP contribution in [0.25, 0.3) is 0 Å². The van der Waals surface area contributed by atoms with E-state index in [1.807, 2.05) is 4.90 Å². The number of anilines is 2. The number of likely N-dealkylation sites (tertiary alicyclic amines) is 1. The summed E-state index contributed by atoms with van der Waals surface area (Å²) in [6, 6.07) is 7.04. The smallest absolute Gasteiger partial charge is 0.321 e. The van der Waals surface area contributed by atoms with E-state index in [0.29, 0.717) is 30.0 Å². The van der Waals surface area contributed by atoms with Crippen LogP contribution in [-0.4, -0.2) is 41.5 Å². The van der Waals surface area contributed by atoms with Crippen molar-refractivity contribution in [3.8, 4) is 0 Å². The minimum absolute atomic E-state index is 0. The SMILES string of the molecule is Cl.NCCc1nc(C(=O)Nc2ccc(NC(=O)N3CCCCCC3)cc2)cs1. The van der Waals surface area contributed by atoms with Gasteiger partial charge in [-0.2, -0.15) is 0 Å². The molecule has 7 nitrogen and oxygen atoms in total. The lowest BCUT2D eigenvalue weighted by Gasteiger charge is -2.20. The first kappa shape index (κ1) is 22.1. The van der Waals surface area contributed by atoms with Gasteiger partial charge in [0.2, 0.25) is 0 Å². The minimum Gasteiger partial charge on any atom is -0.330 e. The summed E-state index contributed by atoms with van der Waals surface area (Å²) in [5.74, 6) is -0.254. The lowest BCUT2D eigenvalue weighted by atomic mass is 10.2. The molecule has 0 aliphatic carbocycles. The van der Waals surface area contributed by atoms with Crippen LogP contribution in [0.1, 0.15) is 41.2 Å². The fourth-order valence-electron chi connectivity index (χ4n) is 2.96. The van der Waals surface area contributed by atoms with E-state index in [1.54, 1.807) is 29.6 Å². The number of nitrogens with two attached hydrogens (primary N) is 1. The zero-order valence-electron chi connectivity index (χ0n) is 15.6. The summed E-state index contributed by atoms with van der Waals surface area (Å²) in [7, 11) is 0. The van der Waals surface area contributed by atoms with Crippen molar-refractivity contribution >= 4 is 47.1 Å². The molecule has 0 unspecified atom stereocenters. The standard InChI is InChI=1S/C19H25N5O2S.ClH/c20-10-9-17-23-16(13-27-17)18(25)21-14-5-7-15(8-6-14)22-19(26)24-11-3-1-2-4-12-24;/h5-8,13H,1-4,9-12,20H2,(H,21,25)(H,22,26);1H. The number of carbonyl (C=O) groups excluding carboxylic acids is 2. The second-order valence-electron chi connectivity index (χ2n) is 6.53.